The highest BCUT2D eigenvalue weighted by Crippen LogP contribution is 2.10. The van der Waals surface area contributed by atoms with E-state index in [1.807, 2.05) is 32.0 Å². The van der Waals surface area contributed by atoms with Crippen LogP contribution in [-0.4, -0.2) is 0 Å². The molecule has 0 aliphatic rings. The Bertz CT molecular complexity index is 682. The molecule has 0 aliphatic heterocycles. The molecule has 0 atom stereocenters. The third kappa shape index (κ3) is 4.61. The van der Waals surface area contributed by atoms with E-state index in [1.165, 1.54) is 11.6 Å². The summed E-state index contributed by atoms with van der Waals surface area (Å²) in [6, 6.07) is 13.3. The molecule has 0 aromatic heterocycles. The second-order valence-electron chi connectivity index (χ2n) is 5.04. The summed E-state index contributed by atoms with van der Waals surface area (Å²) in [5, 5.41) is 0. The van der Waals surface area contributed by atoms with E-state index in [1.54, 1.807) is 6.07 Å². The van der Waals surface area contributed by atoms with Crippen molar-refractivity contribution in [2.75, 3.05) is 0 Å². The van der Waals surface area contributed by atoms with Crippen molar-refractivity contribution < 1.29 is 4.39 Å². The zero-order valence-electron chi connectivity index (χ0n) is 12.5. The lowest BCUT2D eigenvalue weighted by atomic mass is 10.1. The molecule has 21 heavy (non-hydrogen) atoms. The molecule has 2 aromatic rings. The van der Waals surface area contributed by atoms with Crippen molar-refractivity contribution in [3.05, 3.63) is 82.7 Å². The molecule has 0 saturated heterocycles. The predicted molar refractivity (Wildman–Crippen MR) is 86.7 cm³/mol. The van der Waals surface area contributed by atoms with Crippen LogP contribution in [0.1, 0.15) is 35.6 Å². The second kappa shape index (κ2) is 7.45. The molecule has 0 nitrogen and oxygen atoms in total. The number of halogens is 1. The highest BCUT2D eigenvalue weighted by atomic mass is 19.1. The SMILES string of the molecule is C/C=C/CCc1ccc(C#Cc2ccc(C)cc2F)cc1. The highest BCUT2D eigenvalue weighted by Gasteiger charge is 1.98. The standard InChI is InChI=1S/C20H19F/c1-3-4-5-6-17-8-10-18(11-9-17)12-14-19-13-7-16(2)15-20(19)21/h3-4,7-11,13,15H,5-6H2,1-2H3/b4-3+. The Morgan fingerprint density at radius 1 is 1.05 bits per heavy atom. The molecule has 0 N–H and O–H groups in total. The van der Waals surface area contributed by atoms with E-state index >= 15 is 0 Å². The first-order valence-electron chi connectivity index (χ1n) is 7.17. The van der Waals surface area contributed by atoms with E-state index in [0.717, 1.165) is 24.0 Å². The summed E-state index contributed by atoms with van der Waals surface area (Å²) in [6.45, 7) is 3.90. The fourth-order valence-electron chi connectivity index (χ4n) is 2.03. The van der Waals surface area contributed by atoms with Crippen LogP contribution in [0.5, 0.6) is 0 Å². The van der Waals surface area contributed by atoms with Crippen molar-refractivity contribution in [1.82, 2.24) is 0 Å². The molecule has 2 aromatic carbocycles. The quantitative estimate of drug-likeness (QED) is 0.545. The molecule has 0 radical (unpaired) electrons. The van der Waals surface area contributed by atoms with Crippen LogP contribution in [0.2, 0.25) is 0 Å². The first-order chi connectivity index (χ1) is 10.2. The highest BCUT2D eigenvalue weighted by molar-refractivity contribution is 5.44. The zero-order chi connectivity index (χ0) is 15.1. The maximum atomic E-state index is 13.7. The van der Waals surface area contributed by atoms with E-state index < -0.39 is 0 Å². The molecule has 0 heterocycles. The van der Waals surface area contributed by atoms with E-state index in [4.69, 9.17) is 0 Å². The lowest BCUT2D eigenvalue weighted by Gasteiger charge is -1.99. The Labute approximate surface area is 126 Å². The number of rotatable bonds is 3. The third-order valence-electron chi connectivity index (χ3n) is 3.26. The molecule has 106 valence electrons. The van der Waals surface area contributed by atoms with Crippen molar-refractivity contribution in [3.63, 3.8) is 0 Å². The van der Waals surface area contributed by atoms with Crippen LogP contribution in [0.15, 0.2) is 54.6 Å². The Morgan fingerprint density at radius 3 is 2.48 bits per heavy atom. The largest absolute Gasteiger partial charge is 0.206 e. The Morgan fingerprint density at radius 2 is 1.81 bits per heavy atom. The molecule has 2 rings (SSSR count). The van der Waals surface area contributed by atoms with Crippen molar-refractivity contribution >= 4 is 0 Å². The molecule has 0 spiro atoms. The van der Waals surface area contributed by atoms with Crippen LogP contribution in [-0.2, 0) is 6.42 Å². The van der Waals surface area contributed by atoms with Gasteiger partial charge in [-0.1, -0.05) is 42.2 Å². The zero-order valence-corrected chi connectivity index (χ0v) is 12.5. The molecule has 0 bridgehead atoms. The van der Waals surface area contributed by atoms with Gasteiger partial charge in [-0.2, -0.15) is 0 Å². The fraction of sp³-hybridized carbons (Fsp3) is 0.200. The lowest BCUT2D eigenvalue weighted by Crippen LogP contribution is -1.86. The van der Waals surface area contributed by atoms with Crippen LogP contribution in [0, 0.1) is 24.6 Å². The van der Waals surface area contributed by atoms with Crippen molar-refractivity contribution in [2.24, 2.45) is 0 Å². The maximum Gasteiger partial charge on any atom is 0.139 e. The van der Waals surface area contributed by atoms with Crippen LogP contribution in [0.25, 0.3) is 0 Å². The first kappa shape index (κ1) is 15.1. The van der Waals surface area contributed by atoms with Gasteiger partial charge in [0.15, 0.2) is 0 Å². The summed E-state index contributed by atoms with van der Waals surface area (Å²) >= 11 is 0. The normalized spacial score (nSPS) is 10.4. The number of allylic oxidation sites excluding steroid dienone is 2. The minimum absolute atomic E-state index is 0.259. The van der Waals surface area contributed by atoms with Gasteiger partial charge in [0.05, 0.1) is 5.56 Å². The molecule has 0 fully saturated rings. The Kier molecular flexibility index (Phi) is 5.35. The second-order valence-corrected chi connectivity index (χ2v) is 5.04. The van der Waals surface area contributed by atoms with Gasteiger partial charge in [-0.3, -0.25) is 0 Å². The molecule has 1 heteroatoms. The van der Waals surface area contributed by atoms with Gasteiger partial charge in [-0.15, -0.1) is 0 Å². The van der Waals surface area contributed by atoms with Crippen LogP contribution in [0.3, 0.4) is 0 Å². The summed E-state index contributed by atoms with van der Waals surface area (Å²) in [5.41, 5.74) is 3.55. The van der Waals surface area contributed by atoms with Gasteiger partial charge >= 0.3 is 0 Å². The van der Waals surface area contributed by atoms with Gasteiger partial charge in [0.25, 0.3) is 0 Å². The van der Waals surface area contributed by atoms with Crippen LogP contribution in [0.4, 0.5) is 4.39 Å². The van der Waals surface area contributed by atoms with Gasteiger partial charge in [0, 0.05) is 5.56 Å². The maximum absolute atomic E-state index is 13.7. The molecule has 0 amide bonds. The van der Waals surface area contributed by atoms with Gasteiger partial charge in [0.2, 0.25) is 0 Å². The van der Waals surface area contributed by atoms with Gasteiger partial charge < -0.3 is 0 Å². The molecule has 0 unspecified atom stereocenters. The topological polar surface area (TPSA) is 0 Å². The van der Waals surface area contributed by atoms with E-state index in [9.17, 15) is 4.39 Å². The summed E-state index contributed by atoms with van der Waals surface area (Å²) in [7, 11) is 0. The van der Waals surface area contributed by atoms with E-state index in [-0.39, 0.29) is 5.82 Å². The minimum atomic E-state index is -0.259. The average molecular weight is 278 g/mol. The predicted octanol–water partition coefficient (Wildman–Crippen LogP) is 5.04. The van der Waals surface area contributed by atoms with Crippen molar-refractivity contribution in [2.45, 2.75) is 26.7 Å². The van der Waals surface area contributed by atoms with Gasteiger partial charge in [-0.25, -0.2) is 4.39 Å². The average Bonchev–Trinajstić information content (AvgIpc) is 2.48. The summed E-state index contributed by atoms with van der Waals surface area (Å²) < 4.78 is 13.7. The van der Waals surface area contributed by atoms with E-state index in [2.05, 4.69) is 36.1 Å². The Hall–Kier alpha value is -2.33. The third-order valence-corrected chi connectivity index (χ3v) is 3.26. The first-order valence-corrected chi connectivity index (χ1v) is 7.17. The molecule has 0 aliphatic carbocycles. The van der Waals surface area contributed by atoms with Crippen LogP contribution >= 0.6 is 0 Å². The van der Waals surface area contributed by atoms with Crippen molar-refractivity contribution in [1.29, 1.82) is 0 Å². The number of hydrogen-bond donors (Lipinski definition) is 0. The number of aryl methyl sites for hydroxylation is 2. The molecular weight excluding hydrogens is 259 g/mol. The number of benzene rings is 2. The van der Waals surface area contributed by atoms with Crippen LogP contribution < -0.4 is 0 Å². The smallest absolute Gasteiger partial charge is 0.139 e. The summed E-state index contributed by atoms with van der Waals surface area (Å²) in [5.74, 6) is 5.64. The summed E-state index contributed by atoms with van der Waals surface area (Å²) in [4.78, 5) is 0. The van der Waals surface area contributed by atoms with E-state index in [0.29, 0.717) is 5.56 Å². The minimum Gasteiger partial charge on any atom is -0.206 e. The number of hydrogen-bond acceptors (Lipinski definition) is 0. The molecular formula is C20H19F. The monoisotopic (exact) mass is 278 g/mol. The summed E-state index contributed by atoms with van der Waals surface area (Å²) in [6.07, 6.45) is 6.31. The molecule has 0 saturated carbocycles. The fourth-order valence-corrected chi connectivity index (χ4v) is 2.03. The lowest BCUT2D eigenvalue weighted by molar-refractivity contribution is 0.623. The van der Waals surface area contributed by atoms with Gasteiger partial charge in [-0.05, 0) is 62.1 Å². The van der Waals surface area contributed by atoms with Gasteiger partial charge in [0.1, 0.15) is 5.82 Å². The van der Waals surface area contributed by atoms with Crippen molar-refractivity contribution in [3.8, 4) is 11.8 Å². The Balaban J connectivity index is 2.08.